The molecule has 0 spiro atoms. The smallest absolute Gasteiger partial charge is 0.133 e. The first-order chi connectivity index (χ1) is 6.06. The summed E-state index contributed by atoms with van der Waals surface area (Å²) in [6.07, 6.45) is 5.49. The monoisotopic (exact) mass is 179 g/mol. The van der Waals surface area contributed by atoms with Crippen molar-refractivity contribution in [1.29, 1.82) is 0 Å². The maximum Gasteiger partial charge on any atom is 0.133 e. The zero-order chi connectivity index (χ0) is 9.47. The van der Waals surface area contributed by atoms with Crippen molar-refractivity contribution >= 4 is 0 Å². The predicted molar refractivity (Wildman–Crippen MR) is 51.5 cm³/mol. The molecule has 1 heterocycles. The van der Waals surface area contributed by atoms with E-state index in [-0.39, 0.29) is 0 Å². The van der Waals surface area contributed by atoms with Crippen LogP contribution in [0.2, 0.25) is 0 Å². The van der Waals surface area contributed by atoms with Gasteiger partial charge < -0.3 is 4.57 Å². The van der Waals surface area contributed by atoms with Gasteiger partial charge in [0.1, 0.15) is 12.2 Å². The van der Waals surface area contributed by atoms with Gasteiger partial charge in [-0.3, -0.25) is 0 Å². The third kappa shape index (κ3) is 2.08. The summed E-state index contributed by atoms with van der Waals surface area (Å²) < 4.78 is 2.24. The molecule has 2 rings (SSSR count). The van der Waals surface area contributed by atoms with Crippen LogP contribution in [0.3, 0.4) is 0 Å². The fraction of sp³-hybridized carbons (Fsp3) is 0.800. The number of rotatable bonds is 2. The Hall–Kier alpha value is -0.860. The maximum absolute atomic E-state index is 4.18. The van der Waals surface area contributed by atoms with Gasteiger partial charge in [0.25, 0.3) is 0 Å². The summed E-state index contributed by atoms with van der Waals surface area (Å²) in [6, 6.07) is 0.701. The number of aromatic nitrogens is 3. The van der Waals surface area contributed by atoms with Crippen molar-refractivity contribution in [2.24, 2.45) is 5.41 Å². The summed E-state index contributed by atoms with van der Waals surface area (Å²) in [5, 5.41) is 8.16. The zero-order valence-corrected chi connectivity index (χ0v) is 8.62. The third-order valence-corrected chi connectivity index (χ3v) is 2.28. The summed E-state index contributed by atoms with van der Waals surface area (Å²) in [4.78, 5) is 0. The molecule has 3 heteroatoms. The van der Waals surface area contributed by atoms with Gasteiger partial charge in [0, 0.05) is 12.5 Å². The van der Waals surface area contributed by atoms with Crippen LogP contribution < -0.4 is 0 Å². The fourth-order valence-corrected chi connectivity index (χ4v) is 1.53. The minimum Gasteiger partial charge on any atom is -0.314 e. The molecule has 0 N–H and O–H groups in total. The normalized spacial score (nSPS) is 17.8. The lowest BCUT2D eigenvalue weighted by Crippen LogP contribution is -2.13. The highest BCUT2D eigenvalue weighted by molar-refractivity contribution is 4.97. The van der Waals surface area contributed by atoms with Gasteiger partial charge in [-0.05, 0) is 18.3 Å². The molecule has 3 nitrogen and oxygen atoms in total. The second-order valence-corrected chi connectivity index (χ2v) is 5.12. The predicted octanol–water partition coefficient (Wildman–Crippen LogP) is 2.20. The van der Waals surface area contributed by atoms with Crippen LogP contribution in [0.1, 0.15) is 45.5 Å². The van der Waals surface area contributed by atoms with Crippen molar-refractivity contribution in [3.05, 3.63) is 12.2 Å². The van der Waals surface area contributed by atoms with E-state index in [4.69, 9.17) is 0 Å². The third-order valence-electron chi connectivity index (χ3n) is 2.28. The SMILES string of the molecule is CC(C)(C)Cc1nncn1C1CC1. The Bertz CT molecular complexity index is 291. The molecule has 0 bridgehead atoms. The largest absolute Gasteiger partial charge is 0.314 e. The first-order valence-corrected chi connectivity index (χ1v) is 4.95. The second kappa shape index (κ2) is 2.82. The molecule has 0 saturated heterocycles. The average molecular weight is 179 g/mol. The Balaban J connectivity index is 2.15. The molecule has 0 amide bonds. The van der Waals surface area contributed by atoms with Crippen LogP contribution >= 0.6 is 0 Å². The molecule has 1 saturated carbocycles. The molecule has 1 aliphatic carbocycles. The molecule has 72 valence electrons. The lowest BCUT2D eigenvalue weighted by molar-refractivity contribution is 0.391. The van der Waals surface area contributed by atoms with Crippen molar-refractivity contribution in [3.8, 4) is 0 Å². The maximum atomic E-state index is 4.18. The van der Waals surface area contributed by atoms with E-state index in [9.17, 15) is 0 Å². The summed E-state index contributed by atoms with van der Waals surface area (Å²) in [5.74, 6) is 1.15. The molecular formula is C10H17N3. The summed E-state index contributed by atoms with van der Waals surface area (Å²) in [5.41, 5.74) is 0.305. The Morgan fingerprint density at radius 2 is 2.15 bits per heavy atom. The van der Waals surface area contributed by atoms with Crippen molar-refractivity contribution in [2.45, 2.75) is 46.1 Å². The minimum atomic E-state index is 0.305. The topological polar surface area (TPSA) is 30.7 Å². The van der Waals surface area contributed by atoms with Crippen LogP contribution in [0.4, 0.5) is 0 Å². The first kappa shape index (κ1) is 8.73. The van der Waals surface area contributed by atoms with Crippen LogP contribution in [0, 0.1) is 5.41 Å². The van der Waals surface area contributed by atoms with Crippen LogP contribution in [0.15, 0.2) is 6.33 Å². The van der Waals surface area contributed by atoms with Crippen LogP contribution in [0.25, 0.3) is 0 Å². The van der Waals surface area contributed by atoms with Gasteiger partial charge in [-0.15, -0.1) is 10.2 Å². The fourth-order valence-electron chi connectivity index (χ4n) is 1.53. The van der Waals surface area contributed by atoms with Gasteiger partial charge >= 0.3 is 0 Å². The van der Waals surface area contributed by atoms with E-state index in [0.29, 0.717) is 11.5 Å². The average Bonchev–Trinajstić information content (AvgIpc) is 2.72. The van der Waals surface area contributed by atoms with E-state index >= 15 is 0 Å². The van der Waals surface area contributed by atoms with Gasteiger partial charge in [0.15, 0.2) is 0 Å². The molecule has 1 aliphatic rings. The zero-order valence-electron chi connectivity index (χ0n) is 8.62. The highest BCUT2D eigenvalue weighted by atomic mass is 15.3. The molecule has 0 aliphatic heterocycles. The van der Waals surface area contributed by atoms with Crippen molar-refractivity contribution in [2.75, 3.05) is 0 Å². The molecule has 0 atom stereocenters. The van der Waals surface area contributed by atoms with E-state index in [2.05, 4.69) is 35.5 Å². The number of hydrogen-bond donors (Lipinski definition) is 0. The molecule has 1 aromatic rings. The summed E-state index contributed by atoms with van der Waals surface area (Å²) in [7, 11) is 0. The molecule has 1 fully saturated rings. The van der Waals surface area contributed by atoms with Crippen LogP contribution in [-0.4, -0.2) is 14.8 Å². The van der Waals surface area contributed by atoms with Crippen molar-refractivity contribution in [1.82, 2.24) is 14.8 Å². The van der Waals surface area contributed by atoms with Crippen LogP contribution in [0.5, 0.6) is 0 Å². The van der Waals surface area contributed by atoms with E-state index in [1.54, 1.807) is 0 Å². The molecule has 0 radical (unpaired) electrons. The van der Waals surface area contributed by atoms with Crippen molar-refractivity contribution in [3.63, 3.8) is 0 Å². The number of hydrogen-bond acceptors (Lipinski definition) is 2. The lowest BCUT2D eigenvalue weighted by atomic mass is 9.92. The van der Waals surface area contributed by atoms with Gasteiger partial charge in [0.05, 0.1) is 0 Å². The standard InChI is InChI=1S/C10H17N3/c1-10(2,3)6-9-12-11-7-13(9)8-4-5-8/h7-8H,4-6H2,1-3H3. The second-order valence-electron chi connectivity index (χ2n) is 5.12. The highest BCUT2D eigenvalue weighted by Gasteiger charge is 2.27. The lowest BCUT2D eigenvalue weighted by Gasteiger charge is -2.17. The minimum absolute atomic E-state index is 0.305. The van der Waals surface area contributed by atoms with E-state index in [0.717, 1.165) is 12.2 Å². The Labute approximate surface area is 79.2 Å². The van der Waals surface area contributed by atoms with Gasteiger partial charge in [-0.25, -0.2) is 0 Å². The van der Waals surface area contributed by atoms with E-state index < -0.39 is 0 Å². The van der Waals surface area contributed by atoms with Crippen molar-refractivity contribution < 1.29 is 0 Å². The number of nitrogens with zero attached hydrogens (tertiary/aromatic N) is 3. The first-order valence-electron chi connectivity index (χ1n) is 4.95. The quantitative estimate of drug-likeness (QED) is 0.696. The Kier molecular flexibility index (Phi) is 1.90. The molecule has 0 aromatic carbocycles. The molecule has 0 unspecified atom stereocenters. The molecule has 13 heavy (non-hydrogen) atoms. The molecular weight excluding hydrogens is 162 g/mol. The Morgan fingerprint density at radius 1 is 1.46 bits per heavy atom. The van der Waals surface area contributed by atoms with Crippen LogP contribution in [-0.2, 0) is 6.42 Å². The summed E-state index contributed by atoms with van der Waals surface area (Å²) in [6.45, 7) is 6.71. The van der Waals surface area contributed by atoms with E-state index in [1.165, 1.54) is 12.8 Å². The highest BCUT2D eigenvalue weighted by Crippen LogP contribution is 2.36. The molecule has 1 aromatic heterocycles. The van der Waals surface area contributed by atoms with E-state index in [1.807, 2.05) is 6.33 Å². The van der Waals surface area contributed by atoms with Gasteiger partial charge in [0.2, 0.25) is 0 Å². The summed E-state index contributed by atoms with van der Waals surface area (Å²) >= 11 is 0. The Morgan fingerprint density at radius 3 is 2.69 bits per heavy atom. The van der Waals surface area contributed by atoms with Gasteiger partial charge in [-0.2, -0.15) is 0 Å². The van der Waals surface area contributed by atoms with Gasteiger partial charge in [-0.1, -0.05) is 20.8 Å².